The molecule has 0 aromatic heterocycles. The first-order valence-corrected chi connectivity index (χ1v) is 11.9. The summed E-state index contributed by atoms with van der Waals surface area (Å²) in [6.45, 7) is 3.54. The molecule has 3 aromatic carbocycles. The molecule has 0 aliphatic heterocycles. The lowest BCUT2D eigenvalue weighted by molar-refractivity contribution is 0.0734. The molecular formula is C25H26N2O7S. The van der Waals surface area contributed by atoms with Gasteiger partial charge < -0.3 is 18.9 Å². The van der Waals surface area contributed by atoms with Crippen LogP contribution in [0.25, 0.3) is 0 Å². The fourth-order valence-electron chi connectivity index (χ4n) is 3.20. The average Bonchev–Trinajstić information content (AvgIpc) is 2.85. The van der Waals surface area contributed by atoms with Crippen molar-refractivity contribution in [3.8, 4) is 23.0 Å². The molecule has 0 atom stereocenters. The lowest BCUT2D eigenvalue weighted by Gasteiger charge is -2.13. The van der Waals surface area contributed by atoms with Crippen molar-refractivity contribution in [3.05, 3.63) is 76.9 Å². The van der Waals surface area contributed by atoms with E-state index < -0.39 is 16.0 Å². The third-order valence-corrected chi connectivity index (χ3v) is 6.38. The predicted molar refractivity (Wildman–Crippen MR) is 131 cm³/mol. The molecule has 0 radical (unpaired) electrons. The van der Waals surface area contributed by atoms with Crippen molar-refractivity contribution in [2.24, 2.45) is 5.10 Å². The van der Waals surface area contributed by atoms with Crippen LogP contribution >= 0.6 is 0 Å². The van der Waals surface area contributed by atoms with Crippen LogP contribution in [0.1, 0.15) is 27.0 Å². The van der Waals surface area contributed by atoms with Crippen molar-refractivity contribution in [2.75, 3.05) is 21.3 Å². The monoisotopic (exact) mass is 498 g/mol. The molecule has 35 heavy (non-hydrogen) atoms. The molecule has 184 valence electrons. The Morgan fingerprint density at radius 3 is 2.09 bits per heavy atom. The highest BCUT2D eigenvalue weighted by Crippen LogP contribution is 2.38. The van der Waals surface area contributed by atoms with Gasteiger partial charge in [-0.05, 0) is 73.0 Å². The molecule has 0 fully saturated rings. The molecule has 0 unspecified atom stereocenters. The highest BCUT2D eigenvalue weighted by atomic mass is 32.2. The van der Waals surface area contributed by atoms with Crippen LogP contribution in [0.3, 0.4) is 0 Å². The van der Waals surface area contributed by atoms with E-state index in [0.717, 1.165) is 5.56 Å². The molecule has 3 aromatic rings. The Morgan fingerprint density at radius 1 is 0.886 bits per heavy atom. The number of nitrogens with one attached hydrogen (secondary N) is 1. The number of nitrogens with zero attached hydrogens (tertiary/aromatic N) is 1. The number of esters is 1. The van der Waals surface area contributed by atoms with Crippen LogP contribution in [0.15, 0.2) is 64.6 Å². The van der Waals surface area contributed by atoms with Crippen molar-refractivity contribution >= 4 is 22.2 Å². The Bertz CT molecular complexity index is 1330. The molecule has 0 aliphatic rings. The van der Waals surface area contributed by atoms with E-state index in [1.807, 2.05) is 13.0 Å². The topological polar surface area (TPSA) is 113 Å². The number of rotatable bonds is 9. The van der Waals surface area contributed by atoms with Gasteiger partial charge in [0.2, 0.25) is 5.75 Å². The molecule has 9 nitrogen and oxygen atoms in total. The maximum absolute atomic E-state index is 12.6. The van der Waals surface area contributed by atoms with Gasteiger partial charge in [-0.25, -0.2) is 9.63 Å². The van der Waals surface area contributed by atoms with Gasteiger partial charge in [0.05, 0.1) is 38.0 Å². The van der Waals surface area contributed by atoms with Crippen molar-refractivity contribution in [1.82, 2.24) is 4.83 Å². The van der Waals surface area contributed by atoms with Gasteiger partial charge in [-0.3, -0.25) is 0 Å². The number of methoxy groups -OCH3 is 3. The van der Waals surface area contributed by atoms with Crippen LogP contribution in [-0.2, 0) is 10.0 Å². The average molecular weight is 499 g/mol. The second kappa shape index (κ2) is 10.9. The van der Waals surface area contributed by atoms with E-state index >= 15 is 0 Å². The zero-order valence-corrected chi connectivity index (χ0v) is 20.8. The Morgan fingerprint density at radius 2 is 1.51 bits per heavy atom. The standard InChI is InChI=1S/C25H26N2O7S/c1-16-6-7-17(2)23(12-16)35(29,30)27-26-15-18-8-10-20(11-9-18)34-25(28)19-13-21(31-3)24(33-5)22(14-19)32-4/h6-15,27H,1-5H3. The van der Waals surface area contributed by atoms with Crippen molar-refractivity contribution in [1.29, 1.82) is 0 Å². The minimum Gasteiger partial charge on any atom is -0.493 e. The molecule has 0 saturated heterocycles. The first-order valence-electron chi connectivity index (χ1n) is 10.4. The van der Waals surface area contributed by atoms with Gasteiger partial charge in [0.25, 0.3) is 10.0 Å². The zero-order valence-electron chi connectivity index (χ0n) is 20.0. The van der Waals surface area contributed by atoms with Gasteiger partial charge in [-0.1, -0.05) is 12.1 Å². The number of carbonyl (C=O) groups is 1. The molecule has 3 rings (SSSR count). The maximum atomic E-state index is 12.6. The van der Waals surface area contributed by atoms with E-state index in [2.05, 4.69) is 9.93 Å². The largest absolute Gasteiger partial charge is 0.493 e. The van der Waals surface area contributed by atoms with Crippen LogP contribution in [0, 0.1) is 13.8 Å². The van der Waals surface area contributed by atoms with Crippen LogP contribution in [0.5, 0.6) is 23.0 Å². The first-order chi connectivity index (χ1) is 16.7. The van der Waals surface area contributed by atoms with E-state index in [1.165, 1.54) is 39.7 Å². The molecule has 10 heteroatoms. The molecule has 0 heterocycles. The third kappa shape index (κ3) is 6.10. The van der Waals surface area contributed by atoms with Crippen LogP contribution in [-0.4, -0.2) is 41.9 Å². The van der Waals surface area contributed by atoms with Crippen LogP contribution < -0.4 is 23.8 Å². The SMILES string of the molecule is COc1cc(C(=O)Oc2ccc(C=NNS(=O)(=O)c3cc(C)ccc3C)cc2)cc(OC)c1OC. The van der Waals surface area contributed by atoms with Gasteiger partial charge in [-0.2, -0.15) is 13.5 Å². The molecule has 0 amide bonds. The van der Waals surface area contributed by atoms with Gasteiger partial charge in [-0.15, -0.1) is 0 Å². The highest BCUT2D eigenvalue weighted by Gasteiger charge is 2.19. The minimum atomic E-state index is -3.80. The second-order valence-electron chi connectivity index (χ2n) is 7.49. The molecular weight excluding hydrogens is 472 g/mol. The van der Waals surface area contributed by atoms with Crippen molar-refractivity contribution in [3.63, 3.8) is 0 Å². The van der Waals surface area contributed by atoms with E-state index in [1.54, 1.807) is 43.3 Å². The molecule has 0 spiro atoms. The summed E-state index contributed by atoms with van der Waals surface area (Å²) < 4.78 is 46.3. The van der Waals surface area contributed by atoms with E-state index in [4.69, 9.17) is 18.9 Å². The fraction of sp³-hybridized carbons (Fsp3) is 0.200. The normalized spacial score (nSPS) is 11.2. The summed E-state index contributed by atoms with van der Waals surface area (Å²) in [5.74, 6) is 0.689. The molecule has 0 bridgehead atoms. The summed E-state index contributed by atoms with van der Waals surface area (Å²) in [7, 11) is 0.575. The Balaban J connectivity index is 1.69. The zero-order chi connectivity index (χ0) is 25.6. The van der Waals surface area contributed by atoms with Crippen LogP contribution in [0.2, 0.25) is 0 Å². The van der Waals surface area contributed by atoms with E-state index in [-0.39, 0.29) is 16.2 Å². The summed E-state index contributed by atoms with van der Waals surface area (Å²) in [5.41, 5.74) is 2.26. The van der Waals surface area contributed by atoms with Gasteiger partial charge in [0.15, 0.2) is 11.5 Å². The second-order valence-corrected chi connectivity index (χ2v) is 9.12. The Labute approximate surface area is 204 Å². The van der Waals surface area contributed by atoms with Crippen molar-refractivity contribution in [2.45, 2.75) is 18.7 Å². The molecule has 0 saturated carbocycles. The number of benzene rings is 3. The number of aryl methyl sites for hydroxylation is 2. The van der Waals surface area contributed by atoms with E-state index in [9.17, 15) is 13.2 Å². The summed E-state index contributed by atoms with van der Waals surface area (Å²) in [6, 6.07) is 14.6. The first kappa shape index (κ1) is 25.6. The quantitative estimate of drug-likeness (QED) is 0.206. The number of sulfonamides is 1. The van der Waals surface area contributed by atoms with Gasteiger partial charge in [0.1, 0.15) is 5.75 Å². The van der Waals surface area contributed by atoms with Crippen LogP contribution in [0.4, 0.5) is 0 Å². The minimum absolute atomic E-state index is 0.170. The Kier molecular flexibility index (Phi) is 7.98. The van der Waals surface area contributed by atoms with Gasteiger partial charge >= 0.3 is 5.97 Å². The number of hydrogen-bond donors (Lipinski definition) is 1. The lowest BCUT2D eigenvalue weighted by Crippen LogP contribution is -2.19. The summed E-state index contributed by atoms with van der Waals surface area (Å²) in [4.78, 5) is 15.0. The number of hydrazone groups is 1. The molecule has 1 N–H and O–H groups in total. The fourth-order valence-corrected chi connectivity index (χ4v) is 4.33. The smallest absolute Gasteiger partial charge is 0.343 e. The summed E-state index contributed by atoms with van der Waals surface area (Å²) in [5, 5.41) is 3.84. The van der Waals surface area contributed by atoms with Crippen molar-refractivity contribution < 1.29 is 32.2 Å². The number of hydrogen-bond acceptors (Lipinski definition) is 8. The summed E-state index contributed by atoms with van der Waals surface area (Å²) in [6.07, 6.45) is 1.35. The number of ether oxygens (including phenoxy) is 4. The summed E-state index contributed by atoms with van der Waals surface area (Å²) >= 11 is 0. The third-order valence-electron chi connectivity index (χ3n) is 5.01. The number of carbonyl (C=O) groups excluding carboxylic acids is 1. The van der Waals surface area contributed by atoms with Gasteiger partial charge in [0, 0.05) is 0 Å². The Hall–Kier alpha value is -4.05. The maximum Gasteiger partial charge on any atom is 0.343 e. The van der Waals surface area contributed by atoms with E-state index in [0.29, 0.717) is 28.4 Å². The highest BCUT2D eigenvalue weighted by molar-refractivity contribution is 7.89. The lowest BCUT2D eigenvalue weighted by atomic mass is 10.2. The molecule has 0 aliphatic carbocycles. The predicted octanol–water partition coefficient (Wildman–Crippen LogP) is 3.86.